The lowest BCUT2D eigenvalue weighted by Gasteiger charge is -2.11. The fourth-order valence-electron chi connectivity index (χ4n) is 3.03. The molecular weight excluding hydrogens is 417 g/mol. The number of aliphatic imine (C=N–C) groups is 1. The van der Waals surface area contributed by atoms with E-state index in [0.29, 0.717) is 47.4 Å². The van der Waals surface area contributed by atoms with E-state index in [0.717, 1.165) is 12.0 Å². The number of aryl methyl sites for hydroxylation is 1. The highest BCUT2D eigenvalue weighted by Crippen LogP contribution is 2.21. The number of halogens is 2. The number of nitrogens with two attached hydrogens (primary N) is 1. The Morgan fingerprint density at radius 2 is 1.90 bits per heavy atom. The molecule has 0 aliphatic carbocycles. The Morgan fingerprint density at radius 1 is 1.19 bits per heavy atom. The van der Waals surface area contributed by atoms with E-state index < -0.39 is 0 Å². The first-order valence-electron chi connectivity index (χ1n) is 9.74. The van der Waals surface area contributed by atoms with Crippen molar-refractivity contribution in [2.24, 2.45) is 4.99 Å². The number of nitrogens with zero attached hydrogens (tertiary/aromatic N) is 4. The number of hydrogen-bond donors (Lipinski definition) is 3. The monoisotopic (exact) mass is 439 g/mol. The first-order valence-corrected chi connectivity index (χ1v) is 10.1. The van der Waals surface area contributed by atoms with Gasteiger partial charge in [0.2, 0.25) is 0 Å². The molecule has 0 aliphatic heterocycles. The normalized spacial score (nSPS) is 11.2. The minimum atomic E-state index is -0.348. The van der Waals surface area contributed by atoms with Crippen LogP contribution >= 0.6 is 11.6 Å². The van der Waals surface area contributed by atoms with Gasteiger partial charge in [-0.3, -0.25) is 4.99 Å². The van der Waals surface area contributed by atoms with Gasteiger partial charge in [0.25, 0.3) is 0 Å². The molecule has 160 valence electrons. The largest absolute Gasteiger partial charge is 0.382 e. The predicted molar refractivity (Wildman–Crippen MR) is 121 cm³/mol. The van der Waals surface area contributed by atoms with E-state index in [1.165, 1.54) is 16.8 Å². The SMILES string of the molecule is CN=C(NCCCc1nn(-c2ccc(F)cc2)c(N)c1C#N)NCc1ccc(Cl)cc1. The van der Waals surface area contributed by atoms with Crippen LogP contribution in [0, 0.1) is 17.1 Å². The van der Waals surface area contributed by atoms with Crippen LogP contribution in [0.4, 0.5) is 10.2 Å². The summed E-state index contributed by atoms with van der Waals surface area (Å²) < 4.78 is 14.6. The Balaban J connectivity index is 1.55. The van der Waals surface area contributed by atoms with Crippen LogP contribution in [-0.2, 0) is 13.0 Å². The number of rotatable bonds is 7. The first-order chi connectivity index (χ1) is 15.0. The Bertz CT molecular complexity index is 1080. The van der Waals surface area contributed by atoms with Gasteiger partial charge in [0.1, 0.15) is 23.3 Å². The van der Waals surface area contributed by atoms with Crippen molar-refractivity contribution in [3.8, 4) is 11.8 Å². The summed E-state index contributed by atoms with van der Waals surface area (Å²) in [7, 11) is 1.70. The molecule has 3 rings (SSSR count). The minimum absolute atomic E-state index is 0.248. The summed E-state index contributed by atoms with van der Waals surface area (Å²) in [5, 5.41) is 21.1. The van der Waals surface area contributed by atoms with Gasteiger partial charge in [0, 0.05) is 25.2 Å². The van der Waals surface area contributed by atoms with Crippen molar-refractivity contribution in [2.75, 3.05) is 19.3 Å². The van der Waals surface area contributed by atoms with E-state index in [-0.39, 0.29) is 11.6 Å². The first kappa shape index (κ1) is 22.1. The summed E-state index contributed by atoms with van der Waals surface area (Å²) in [4.78, 5) is 4.21. The van der Waals surface area contributed by atoms with Crippen molar-refractivity contribution in [1.29, 1.82) is 5.26 Å². The molecule has 0 unspecified atom stereocenters. The van der Waals surface area contributed by atoms with Crippen LogP contribution in [0.15, 0.2) is 53.5 Å². The maximum atomic E-state index is 13.2. The number of hydrogen-bond acceptors (Lipinski definition) is 4. The number of guanidine groups is 1. The van der Waals surface area contributed by atoms with Crippen LogP contribution in [0.2, 0.25) is 5.02 Å². The lowest BCUT2D eigenvalue weighted by molar-refractivity contribution is 0.627. The molecule has 9 heteroatoms. The zero-order valence-electron chi connectivity index (χ0n) is 17.1. The molecule has 3 aromatic rings. The maximum Gasteiger partial charge on any atom is 0.191 e. The highest BCUT2D eigenvalue weighted by molar-refractivity contribution is 6.30. The molecule has 7 nitrogen and oxygen atoms in total. The van der Waals surface area contributed by atoms with Crippen LogP contribution in [0.5, 0.6) is 0 Å². The molecule has 0 saturated heterocycles. The molecule has 0 spiro atoms. The van der Waals surface area contributed by atoms with Gasteiger partial charge in [-0.1, -0.05) is 23.7 Å². The highest BCUT2D eigenvalue weighted by atomic mass is 35.5. The second-order valence-electron chi connectivity index (χ2n) is 6.79. The summed E-state index contributed by atoms with van der Waals surface area (Å²) >= 11 is 5.90. The van der Waals surface area contributed by atoms with E-state index in [4.69, 9.17) is 17.3 Å². The van der Waals surface area contributed by atoms with Crippen molar-refractivity contribution in [3.05, 3.63) is 76.2 Å². The second kappa shape index (κ2) is 10.5. The van der Waals surface area contributed by atoms with Gasteiger partial charge < -0.3 is 16.4 Å². The molecule has 0 aliphatic rings. The van der Waals surface area contributed by atoms with E-state index >= 15 is 0 Å². The number of nitrogen functional groups attached to an aromatic ring is 1. The molecular formula is C22H23ClFN7. The molecule has 0 fully saturated rings. The third-order valence-electron chi connectivity index (χ3n) is 4.66. The molecule has 0 bridgehead atoms. The van der Waals surface area contributed by atoms with Gasteiger partial charge in [0.05, 0.1) is 11.4 Å². The Morgan fingerprint density at radius 3 is 2.55 bits per heavy atom. The van der Waals surface area contributed by atoms with E-state index in [2.05, 4.69) is 26.8 Å². The lowest BCUT2D eigenvalue weighted by Crippen LogP contribution is -2.37. The summed E-state index contributed by atoms with van der Waals surface area (Å²) in [5.41, 5.74) is 8.74. The van der Waals surface area contributed by atoms with Crippen LogP contribution in [0.1, 0.15) is 23.2 Å². The van der Waals surface area contributed by atoms with Crippen LogP contribution in [0.3, 0.4) is 0 Å². The van der Waals surface area contributed by atoms with E-state index in [1.54, 1.807) is 19.2 Å². The summed E-state index contributed by atoms with van der Waals surface area (Å²) in [6.45, 7) is 1.25. The van der Waals surface area contributed by atoms with Crippen LogP contribution in [0.25, 0.3) is 5.69 Å². The van der Waals surface area contributed by atoms with Crippen LogP contribution < -0.4 is 16.4 Å². The Kier molecular flexibility index (Phi) is 7.46. The molecule has 0 atom stereocenters. The van der Waals surface area contributed by atoms with Gasteiger partial charge in [-0.2, -0.15) is 10.4 Å². The number of anilines is 1. The molecule has 31 heavy (non-hydrogen) atoms. The second-order valence-corrected chi connectivity index (χ2v) is 7.23. The summed E-state index contributed by atoms with van der Waals surface area (Å²) in [6.07, 6.45) is 1.28. The van der Waals surface area contributed by atoms with Gasteiger partial charge in [-0.25, -0.2) is 9.07 Å². The fraction of sp³-hybridized carbons (Fsp3) is 0.227. The molecule has 4 N–H and O–H groups in total. The standard InChI is InChI=1S/C22H23ClFN7/c1-27-22(29-14-15-4-6-16(23)7-5-15)28-12-2-3-20-19(13-25)21(26)31(30-20)18-10-8-17(24)9-11-18/h4-11H,2-3,12,14,26H2,1H3,(H2,27,28,29). The van der Waals surface area contributed by atoms with Crippen molar-refractivity contribution in [3.63, 3.8) is 0 Å². The molecule has 0 radical (unpaired) electrons. The van der Waals surface area contributed by atoms with Gasteiger partial charge in [0.15, 0.2) is 5.96 Å². The van der Waals surface area contributed by atoms with Gasteiger partial charge in [-0.15, -0.1) is 0 Å². The van der Waals surface area contributed by atoms with Crippen molar-refractivity contribution in [2.45, 2.75) is 19.4 Å². The molecule has 1 aromatic heterocycles. The zero-order valence-corrected chi connectivity index (χ0v) is 17.8. The summed E-state index contributed by atoms with van der Waals surface area (Å²) in [6, 6.07) is 15.5. The number of nitrogens with one attached hydrogen (secondary N) is 2. The summed E-state index contributed by atoms with van der Waals surface area (Å²) in [5.74, 6) is 0.573. The Hall–Kier alpha value is -3.57. The van der Waals surface area contributed by atoms with Gasteiger partial charge in [-0.05, 0) is 54.8 Å². The van der Waals surface area contributed by atoms with Crippen molar-refractivity contribution >= 4 is 23.4 Å². The molecule has 0 saturated carbocycles. The average Bonchev–Trinajstić information content (AvgIpc) is 3.10. The highest BCUT2D eigenvalue weighted by Gasteiger charge is 2.16. The van der Waals surface area contributed by atoms with Crippen molar-refractivity contribution in [1.82, 2.24) is 20.4 Å². The van der Waals surface area contributed by atoms with Crippen LogP contribution in [-0.4, -0.2) is 29.3 Å². The lowest BCUT2D eigenvalue weighted by atomic mass is 10.1. The quantitative estimate of drug-likeness (QED) is 0.297. The Labute approximate surface area is 185 Å². The third-order valence-corrected chi connectivity index (χ3v) is 4.91. The number of nitriles is 1. The van der Waals surface area contributed by atoms with E-state index in [1.807, 2.05) is 24.3 Å². The fourth-order valence-corrected chi connectivity index (χ4v) is 3.15. The topological polar surface area (TPSA) is 104 Å². The zero-order chi connectivity index (χ0) is 22.2. The van der Waals surface area contributed by atoms with Crippen molar-refractivity contribution < 1.29 is 4.39 Å². The number of aromatic nitrogens is 2. The third kappa shape index (κ3) is 5.74. The van der Waals surface area contributed by atoms with Gasteiger partial charge >= 0.3 is 0 Å². The molecule has 1 heterocycles. The predicted octanol–water partition coefficient (Wildman–Crippen LogP) is 3.42. The number of benzene rings is 2. The molecule has 2 aromatic carbocycles. The maximum absolute atomic E-state index is 13.2. The van der Waals surface area contributed by atoms with E-state index in [9.17, 15) is 9.65 Å². The minimum Gasteiger partial charge on any atom is -0.382 e. The molecule has 0 amide bonds. The smallest absolute Gasteiger partial charge is 0.191 e. The average molecular weight is 440 g/mol.